The van der Waals surface area contributed by atoms with E-state index in [-0.39, 0.29) is 22.3 Å². The van der Waals surface area contributed by atoms with E-state index in [4.69, 9.17) is 29.9 Å². The van der Waals surface area contributed by atoms with Crippen LogP contribution in [0.1, 0.15) is 113 Å². The Morgan fingerprint density at radius 2 is 0.560 bits per heavy atom. The van der Waals surface area contributed by atoms with Crippen molar-refractivity contribution in [3.8, 4) is 45.6 Å². The zero-order valence-corrected chi connectivity index (χ0v) is 63.8. The van der Waals surface area contributed by atoms with Gasteiger partial charge in [-0.2, -0.15) is 0 Å². The van der Waals surface area contributed by atoms with Crippen LogP contribution in [0.25, 0.3) is 381 Å². The molecule has 116 heavy (non-hydrogen) atoms. The lowest BCUT2D eigenvalue weighted by atomic mass is 9.49. The molecular weight excluding hydrogens is 1410 g/mol. The van der Waals surface area contributed by atoms with Crippen LogP contribution in [0.2, 0.25) is 0 Å². The van der Waals surface area contributed by atoms with Crippen LogP contribution in [0, 0.1) is 0 Å². The van der Waals surface area contributed by atoms with Crippen LogP contribution in [-0.2, 0) is 27.1 Å². The van der Waals surface area contributed by atoms with Gasteiger partial charge in [-0.3, -0.25) is 4.90 Å². The third-order valence-electron chi connectivity index (χ3n) is 35.6. The Bertz CT molecular complexity index is 11100. The Hall–Kier alpha value is -13.3. The number of hydrogen-bond donors (Lipinski definition) is 2. The minimum absolute atomic E-state index is 0.125. The quantitative estimate of drug-likeness (QED) is 0.157. The summed E-state index contributed by atoms with van der Waals surface area (Å²) in [7, 11) is 2.58. The Balaban J connectivity index is 0.702. The maximum Gasteiger partial charge on any atom is 0.164 e. The van der Waals surface area contributed by atoms with E-state index >= 15 is 0 Å². The van der Waals surface area contributed by atoms with E-state index in [9.17, 15) is 0 Å². The fourth-order valence-electron chi connectivity index (χ4n) is 33.3. The highest BCUT2D eigenvalue weighted by atomic mass is 15.2. The van der Waals surface area contributed by atoms with Gasteiger partial charge in [0.1, 0.15) is 22.6 Å². The minimum Gasteiger partial charge on any atom is -0.324 e. The predicted octanol–water partition coefficient (Wildman–Crippen LogP) is 27.1. The summed E-state index contributed by atoms with van der Waals surface area (Å²) in [6, 6.07) is 27.6. The number of aromatic amines is 2. The normalized spacial score (nSPS) is 19.9. The Labute approximate surface area is 647 Å². The molecule has 9 heteroatoms. The van der Waals surface area contributed by atoms with Crippen LogP contribution in [-0.4, -0.2) is 58.4 Å². The molecule has 35 aromatic rings. The smallest absolute Gasteiger partial charge is 0.164 e. The first-order chi connectivity index (χ1) is 56.5. The van der Waals surface area contributed by atoms with E-state index in [1.54, 1.807) is 313 Å². The third-order valence-corrected chi connectivity index (χ3v) is 35.6. The second kappa shape index (κ2) is 13.4. The lowest BCUT2D eigenvalue weighted by Gasteiger charge is -2.50. The standard InChI is InChI=1S/C107H47N9/c1-103(2,3)25-18-20-27-31(22-25)100-109-95(27)108-97-28-13-11-15-32(104(4,5)6)34(28)101(113-97)112-96-26-19-17-24(21-30(26)99(110-96)111-98-29-14-12-16-33(105(7,8)9)35(29)102(114-98)115-100)94-107-92-85-77-65-57-48-39-37-36-38-42(39)51-58-56-47(38)49-45-40(36)43-44-41(37)46-50(48)63(65)71-69-55(46)53(44)61-60-52(43)54(45)68-70-62(49)64(56)76-78-66(58)67(59(51)57)79(77)88(92)87(78)90-83(76)81(70)84-74(68)72(60)80-73(61)75(69)86(82(71)85)93(107)89(80)91(84)106(90,107)23-116(94)10/h11-22,94H,23H2,1-10H3,(H2,108,109,110,111,112,113,114,115). The zero-order valence-electron chi connectivity index (χ0n) is 63.8. The summed E-state index contributed by atoms with van der Waals surface area (Å²) < 4.78 is 0. The van der Waals surface area contributed by atoms with Gasteiger partial charge < -0.3 is 9.97 Å². The Morgan fingerprint density at radius 1 is 0.276 bits per heavy atom. The van der Waals surface area contributed by atoms with Gasteiger partial charge in [0.15, 0.2) is 23.3 Å². The fourth-order valence-corrected chi connectivity index (χ4v) is 33.3. The van der Waals surface area contributed by atoms with Gasteiger partial charge in [-0.1, -0.05) is 123 Å². The van der Waals surface area contributed by atoms with Gasteiger partial charge in [0, 0.05) is 56.4 Å². The molecule has 3 unspecified atom stereocenters. The van der Waals surface area contributed by atoms with Crippen LogP contribution in [0.4, 0.5) is 0 Å². The van der Waals surface area contributed by atoms with E-state index < -0.39 is 10.8 Å². The largest absolute Gasteiger partial charge is 0.324 e. The molecule has 8 bridgehead atoms. The summed E-state index contributed by atoms with van der Waals surface area (Å²) in [5.74, 6) is 2.50. The van der Waals surface area contributed by atoms with Crippen LogP contribution in [0.3, 0.4) is 0 Å². The summed E-state index contributed by atoms with van der Waals surface area (Å²) in [5.41, 5.74) is 16.7. The van der Waals surface area contributed by atoms with Gasteiger partial charge in [0.2, 0.25) is 0 Å². The molecule has 0 saturated carbocycles. The highest BCUT2D eigenvalue weighted by molar-refractivity contribution is 6.82. The molecule has 3 aliphatic heterocycles. The van der Waals surface area contributed by atoms with Crippen molar-refractivity contribution in [2.24, 2.45) is 0 Å². The third kappa shape index (κ3) is 3.77. The maximum absolute atomic E-state index is 6.03. The predicted molar refractivity (Wildman–Crippen MR) is 481 cm³/mol. The second-order valence-corrected chi connectivity index (χ2v) is 42.2. The molecule has 42 rings (SSSR count). The number of benzene rings is 21. The molecule has 6 heterocycles. The van der Waals surface area contributed by atoms with E-state index in [0.717, 1.165) is 61.6 Å². The Kier molecular flexibility index (Phi) is 6.00. The highest BCUT2D eigenvalue weighted by Gasteiger charge is 2.76. The van der Waals surface area contributed by atoms with Gasteiger partial charge in [-0.25, -0.2) is 29.9 Å². The SMILES string of the molecule is CN1CC23c4c5c6c7c8c9c(c%10c%11c2c2c%12c4c4c%13c5c5c7c7c8c8c%14c9c%10c9c%10c%11c2c2c%11c%12c4c4c%12c%13c5c5c7c7c8c8c%14c9c9c%10c2c2c%11c4c4c%12c5c7c5c8c9c2c45)C63C1c1ccc2c(c1)-c1nc-2nc2[nH]c(nc3nc(nc4[nH]c(n1)c1cccc(C(C)(C)C)c41)-c1cc(C(C)(C)C)ccc1-3)c1cccc(C(C)(C)C)c21. The molecule has 2 N–H and O–H groups in total. The monoisotopic (exact) mass is 1460 g/mol. The maximum atomic E-state index is 6.03. The van der Waals surface area contributed by atoms with Gasteiger partial charge in [-0.15, -0.1) is 0 Å². The molecule has 1 saturated heterocycles. The van der Waals surface area contributed by atoms with Gasteiger partial charge in [-0.05, 0) is 371 Å². The van der Waals surface area contributed by atoms with Crippen molar-refractivity contribution in [2.45, 2.75) is 95.4 Å². The first-order valence-electron chi connectivity index (χ1n) is 42.3. The number of aromatic nitrogens is 8. The van der Waals surface area contributed by atoms with Crippen molar-refractivity contribution in [1.29, 1.82) is 0 Å². The second-order valence-electron chi connectivity index (χ2n) is 42.2. The molecule has 3 atom stereocenters. The summed E-state index contributed by atoms with van der Waals surface area (Å²) in [6.07, 6.45) is 0. The van der Waals surface area contributed by atoms with E-state index in [2.05, 4.69) is 157 Å². The molecular formula is C107H47N9. The number of fused-ring (bicyclic) bond motifs is 20. The van der Waals surface area contributed by atoms with Crippen LogP contribution < -0.4 is 0 Å². The number of hydrogen-bond acceptors (Lipinski definition) is 7. The number of likely N-dealkylation sites (N-methyl/N-ethyl adjacent to an activating group) is 1. The van der Waals surface area contributed by atoms with E-state index in [1.807, 2.05) is 0 Å². The topological polar surface area (TPSA) is 112 Å². The highest BCUT2D eigenvalue weighted by Crippen LogP contribution is 2.87. The van der Waals surface area contributed by atoms with Crippen molar-refractivity contribution in [3.63, 3.8) is 0 Å². The summed E-state index contributed by atoms with van der Waals surface area (Å²) in [4.78, 5) is 45.6. The first kappa shape index (κ1) is 52.1. The number of nitrogens with zero attached hydrogens (tertiary/aromatic N) is 7. The molecule has 7 aliphatic rings. The summed E-state index contributed by atoms with van der Waals surface area (Å²) in [6.45, 7) is 21.6. The molecule has 32 aromatic carbocycles. The molecule has 2 spiro atoms. The average molecular weight is 1460 g/mol. The molecule has 4 aliphatic carbocycles. The number of H-pyrrole nitrogens is 2. The minimum atomic E-state index is -0.578. The van der Waals surface area contributed by atoms with E-state index in [1.165, 1.54) is 22.3 Å². The van der Waals surface area contributed by atoms with Gasteiger partial charge >= 0.3 is 0 Å². The molecule has 0 radical (unpaired) electrons. The molecule has 1 fully saturated rings. The van der Waals surface area contributed by atoms with E-state index in [0.29, 0.717) is 34.6 Å². The van der Waals surface area contributed by atoms with Gasteiger partial charge in [0.25, 0.3) is 0 Å². The first-order valence-corrected chi connectivity index (χ1v) is 42.3. The summed E-state index contributed by atoms with van der Waals surface area (Å²) >= 11 is 0. The van der Waals surface area contributed by atoms with Crippen LogP contribution in [0.5, 0.6) is 0 Å². The summed E-state index contributed by atoms with van der Waals surface area (Å²) in [5, 5.41) is 91.5. The molecule has 520 valence electrons. The lowest BCUT2D eigenvalue weighted by Crippen LogP contribution is -2.50. The van der Waals surface area contributed by atoms with Crippen LogP contribution in [0.15, 0.2) is 72.8 Å². The zero-order chi connectivity index (χ0) is 73.5. The molecule has 0 amide bonds. The number of rotatable bonds is 1. The van der Waals surface area contributed by atoms with Crippen molar-refractivity contribution in [2.75, 3.05) is 13.6 Å². The van der Waals surface area contributed by atoms with Crippen LogP contribution >= 0.6 is 0 Å². The van der Waals surface area contributed by atoms with Crippen molar-refractivity contribution < 1.29 is 0 Å². The fraction of sp³-hybridized carbons (Fsp3) is 0.159. The number of nitrogens with one attached hydrogen (secondary N) is 2. The van der Waals surface area contributed by atoms with Gasteiger partial charge in [0.05, 0.1) is 10.8 Å². The van der Waals surface area contributed by atoms with Crippen molar-refractivity contribution >= 4 is 335 Å². The molecule has 3 aromatic heterocycles. The lowest BCUT2D eigenvalue weighted by molar-refractivity contribution is 0.272. The Morgan fingerprint density at radius 3 is 0.931 bits per heavy atom. The van der Waals surface area contributed by atoms with Crippen molar-refractivity contribution in [3.05, 3.63) is 117 Å². The van der Waals surface area contributed by atoms with Crippen molar-refractivity contribution in [1.82, 2.24) is 44.8 Å². The average Bonchev–Trinajstić information content (AvgIpc) is 1.38. The number of likely N-dealkylation sites (tertiary alicyclic amines) is 1. The molecule has 9 nitrogen and oxygen atoms in total.